The molecule has 0 aromatic heterocycles. The van der Waals surface area contributed by atoms with Crippen molar-refractivity contribution in [3.05, 3.63) is 27.2 Å². The average Bonchev–Trinajstić information content (AvgIpc) is 2.13. The Balaban J connectivity index is 2.99. The van der Waals surface area contributed by atoms with Crippen LogP contribution in [0.2, 0.25) is 28.2 Å². The first-order valence-corrected chi connectivity index (χ1v) is 8.74. The Bertz CT molecular complexity index is 373. The van der Waals surface area contributed by atoms with Gasteiger partial charge in [0.25, 0.3) is 0 Å². The lowest BCUT2D eigenvalue weighted by molar-refractivity contribution is 0.444. The van der Waals surface area contributed by atoms with Crippen LogP contribution < -0.4 is 4.43 Å². The molecule has 0 aliphatic heterocycles. The van der Waals surface area contributed by atoms with Crippen molar-refractivity contribution in [1.82, 2.24) is 4.57 Å². The second kappa shape index (κ2) is 5.15. The number of nitrogens with zero attached hydrogens (tertiary/aromatic N) is 1. The Morgan fingerprint density at radius 1 is 1.06 bits per heavy atom. The summed E-state index contributed by atoms with van der Waals surface area (Å²) in [4.78, 5) is 0. The van der Waals surface area contributed by atoms with E-state index in [1.54, 1.807) is 12.1 Å². The van der Waals surface area contributed by atoms with E-state index < -0.39 is 8.48 Å². The van der Waals surface area contributed by atoms with E-state index in [0.29, 0.717) is 20.8 Å². The van der Waals surface area contributed by atoms with E-state index in [1.165, 1.54) is 0 Å². The van der Waals surface area contributed by atoms with Crippen LogP contribution in [0.15, 0.2) is 12.1 Å². The van der Waals surface area contributed by atoms with Gasteiger partial charge in [0.05, 0.1) is 15.1 Å². The van der Waals surface area contributed by atoms with Gasteiger partial charge in [-0.1, -0.05) is 34.8 Å². The van der Waals surface area contributed by atoms with Gasteiger partial charge in [-0.2, -0.15) is 0 Å². The van der Waals surface area contributed by atoms with Crippen LogP contribution in [0.3, 0.4) is 0 Å². The van der Waals surface area contributed by atoms with Crippen LogP contribution >= 0.6 is 34.8 Å². The van der Waals surface area contributed by atoms with Crippen molar-refractivity contribution in [2.75, 3.05) is 14.1 Å². The molecule has 16 heavy (non-hydrogen) atoms. The van der Waals surface area contributed by atoms with Crippen molar-refractivity contribution < 1.29 is 4.43 Å². The van der Waals surface area contributed by atoms with Gasteiger partial charge in [0.15, 0.2) is 0 Å². The molecule has 0 aliphatic rings. The molecule has 0 spiro atoms. The van der Waals surface area contributed by atoms with Gasteiger partial charge in [0.1, 0.15) is 5.75 Å². The largest absolute Gasteiger partial charge is 0.530 e. The van der Waals surface area contributed by atoms with Crippen LogP contribution in [0.1, 0.15) is 0 Å². The molecule has 90 valence electrons. The smallest absolute Gasteiger partial charge is 0.324 e. The minimum atomic E-state index is -1.91. The fraction of sp³-hybridized carbons (Fsp3) is 0.400. The van der Waals surface area contributed by atoms with E-state index in [0.717, 1.165) is 0 Å². The number of hydrogen-bond donors (Lipinski definition) is 0. The summed E-state index contributed by atoms with van der Waals surface area (Å²) in [6.45, 7) is 4.17. The Kier molecular flexibility index (Phi) is 4.55. The lowest BCUT2D eigenvalue weighted by Crippen LogP contribution is -2.49. The highest BCUT2D eigenvalue weighted by molar-refractivity contribution is 6.68. The summed E-state index contributed by atoms with van der Waals surface area (Å²) in [6.07, 6.45) is 0. The topological polar surface area (TPSA) is 12.5 Å². The quantitative estimate of drug-likeness (QED) is 0.610. The van der Waals surface area contributed by atoms with E-state index in [1.807, 2.05) is 14.1 Å². The summed E-state index contributed by atoms with van der Waals surface area (Å²) >= 11 is 17.7. The molecule has 2 nitrogen and oxygen atoms in total. The molecule has 0 saturated heterocycles. The van der Waals surface area contributed by atoms with E-state index >= 15 is 0 Å². The SMILES string of the molecule is CN(C)[Si](C)(C)Oc1cc(Cl)c(Cl)c(Cl)c1. The molecule has 0 bridgehead atoms. The van der Waals surface area contributed by atoms with Crippen molar-refractivity contribution in [3.8, 4) is 5.75 Å². The molecule has 0 saturated carbocycles. The van der Waals surface area contributed by atoms with Gasteiger partial charge in [0, 0.05) is 0 Å². The Morgan fingerprint density at radius 3 is 1.88 bits per heavy atom. The summed E-state index contributed by atoms with van der Waals surface area (Å²) in [5.74, 6) is 0.657. The van der Waals surface area contributed by atoms with Crippen molar-refractivity contribution in [2.24, 2.45) is 0 Å². The zero-order valence-electron chi connectivity index (χ0n) is 9.64. The zero-order valence-corrected chi connectivity index (χ0v) is 12.9. The second-order valence-corrected chi connectivity index (χ2v) is 9.33. The van der Waals surface area contributed by atoms with Gasteiger partial charge in [-0.15, -0.1) is 0 Å². The predicted molar refractivity (Wildman–Crippen MR) is 73.3 cm³/mol. The average molecular weight is 299 g/mol. The van der Waals surface area contributed by atoms with Crippen LogP contribution in [-0.2, 0) is 0 Å². The lowest BCUT2D eigenvalue weighted by atomic mass is 10.3. The second-order valence-electron chi connectivity index (χ2n) is 4.14. The summed E-state index contributed by atoms with van der Waals surface area (Å²) in [5.41, 5.74) is 0. The minimum absolute atomic E-state index is 0.361. The van der Waals surface area contributed by atoms with E-state index in [2.05, 4.69) is 17.7 Å². The van der Waals surface area contributed by atoms with Gasteiger partial charge in [0.2, 0.25) is 0 Å². The van der Waals surface area contributed by atoms with Gasteiger partial charge in [-0.3, -0.25) is 4.57 Å². The Hall–Kier alpha value is 0.0669. The fourth-order valence-electron chi connectivity index (χ4n) is 0.971. The van der Waals surface area contributed by atoms with E-state index in [4.69, 9.17) is 39.2 Å². The number of benzene rings is 1. The third-order valence-electron chi connectivity index (χ3n) is 2.40. The normalized spacial score (nSPS) is 12.0. The summed E-state index contributed by atoms with van der Waals surface area (Å²) in [6, 6.07) is 3.38. The van der Waals surface area contributed by atoms with E-state index in [9.17, 15) is 0 Å². The lowest BCUT2D eigenvalue weighted by Gasteiger charge is -2.30. The number of halogens is 3. The van der Waals surface area contributed by atoms with Crippen LogP contribution in [0.4, 0.5) is 0 Å². The van der Waals surface area contributed by atoms with Crippen molar-refractivity contribution in [1.29, 1.82) is 0 Å². The standard InChI is InChI=1S/C10H14Cl3NOSi/c1-14(2)16(3,4)15-7-5-8(11)10(13)9(12)6-7/h5-6H,1-4H3. The molecule has 6 heteroatoms. The summed E-state index contributed by atoms with van der Waals surface area (Å²) in [5, 5.41) is 1.18. The maximum atomic E-state index is 5.93. The number of hydrogen-bond acceptors (Lipinski definition) is 2. The van der Waals surface area contributed by atoms with Crippen LogP contribution in [-0.4, -0.2) is 27.1 Å². The third-order valence-corrected chi connectivity index (χ3v) is 6.49. The minimum Gasteiger partial charge on any atom is -0.530 e. The van der Waals surface area contributed by atoms with Crippen molar-refractivity contribution in [2.45, 2.75) is 13.1 Å². The highest BCUT2D eigenvalue weighted by Gasteiger charge is 2.28. The molecule has 0 unspecified atom stereocenters. The summed E-state index contributed by atoms with van der Waals surface area (Å²) in [7, 11) is 2.07. The van der Waals surface area contributed by atoms with Crippen LogP contribution in [0.25, 0.3) is 0 Å². The molecular weight excluding hydrogens is 285 g/mol. The molecule has 1 aromatic carbocycles. The van der Waals surface area contributed by atoms with Gasteiger partial charge in [-0.05, 0) is 39.3 Å². The van der Waals surface area contributed by atoms with Crippen molar-refractivity contribution in [3.63, 3.8) is 0 Å². The monoisotopic (exact) mass is 297 g/mol. The molecule has 0 heterocycles. The molecule has 0 fully saturated rings. The molecule has 1 rings (SSSR count). The van der Waals surface area contributed by atoms with Gasteiger partial charge >= 0.3 is 8.48 Å². The molecule has 0 aliphatic carbocycles. The molecule has 0 atom stereocenters. The molecule has 1 aromatic rings. The highest BCUT2D eigenvalue weighted by Crippen LogP contribution is 2.35. The summed E-state index contributed by atoms with van der Waals surface area (Å²) < 4.78 is 8.00. The van der Waals surface area contributed by atoms with Gasteiger partial charge < -0.3 is 4.43 Å². The van der Waals surface area contributed by atoms with Crippen molar-refractivity contribution >= 4 is 43.3 Å². The first-order chi connectivity index (χ1) is 7.24. The molecule has 0 radical (unpaired) electrons. The zero-order chi connectivity index (χ0) is 12.5. The molecule has 0 amide bonds. The third kappa shape index (κ3) is 3.28. The predicted octanol–water partition coefficient (Wildman–Crippen LogP) is 4.29. The highest BCUT2D eigenvalue weighted by atomic mass is 35.5. The van der Waals surface area contributed by atoms with Gasteiger partial charge in [-0.25, -0.2) is 0 Å². The molecule has 0 N–H and O–H groups in total. The maximum Gasteiger partial charge on any atom is 0.324 e. The molecular formula is C10H14Cl3NOSi. The first-order valence-electron chi connectivity index (χ1n) is 4.75. The van der Waals surface area contributed by atoms with Crippen LogP contribution in [0, 0.1) is 0 Å². The van der Waals surface area contributed by atoms with Crippen LogP contribution in [0.5, 0.6) is 5.75 Å². The maximum absolute atomic E-state index is 5.93. The fourth-order valence-corrected chi connectivity index (χ4v) is 2.42. The van der Waals surface area contributed by atoms with E-state index in [-0.39, 0.29) is 0 Å². The Labute approximate surface area is 112 Å². The first kappa shape index (κ1) is 14.1. The number of rotatable bonds is 3. The Morgan fingerprint density at radius 2 is 1.50 bits per heavy atom.